The Labute approximate surface area is 418 Å². The van der Waals surface area contributed by atoms with Crippen molar-refractivity contribution in [2.75, 3.05) is 34.5 Å². The van der Waals surface area contributed by atoms with Crippen LogP contribution in [0.15, 0.2) is 101 Å². The molecule has 0 saturated heterocycles. The normalized spacial score (nSPS) is 16.7. The van der Waals surface area contributed by atoms with Gasteiger partial charge in [0.1, 0.15) is 19.0 Å². The fourth-order valence-corrected chi connectivity index (χ4v) is 12.4. The second-order valence-corrected chi connectivity index (χ2v) is 22.0. The standard InChI is InChI=1S/C56H59N5O7S2/c1-6-57-32-44(62)14-11-21-69-70-56(3,4)20-19-53(63)59-41-24-36(33-67-50-30-47-46(22-35(50)2)55(65)61-43(31-58-47)27-40-13-8-10-16-49(40)61)23-37(25-41)34-68-52-28-38-17-18-42-26-39-12-7-9-15-48(39)60(42)54(64)45(38)29-51(52)66-5/h6-10,12-13,15-16,22-25,28-31,42-43H,11,14,17-21,26-27,32-34H2,1-5H3,(H,59,63)/t42-,43+/m1/s1. The predicted molar refractivity (Wildman–Crippen MR) is 283 cm³/mol. The van der Waals surface area contributed by atoms with Crippen LogP contribution in [-0.4, -0.2) is 72.2 Å². The highest BCUT2D eigenvalue weighted by atomic mass is 33.1. The molecule has 0 aromatic heterocycles. The third-order valence-corrected chi connectivity index (χ3v) is 16.7. The number of rotatable bonds is 19. The van der Waals surface area contributed by atoms with Crippen LogP contribution >= 0.6 is 21.6 Å². The number of ketones is 1. The quantitative estimate of drug-likeness (QED) is 0.0487. The fourth-order valence-electron chi connectivity index (χ4n) is 9.70. The zero-order valence-corrected chi connectivity index (χ0v) is 42.1. The molecule has 5 aromatic carbocycles. The molecule has 362 valence electrons. The molecule has 1 N–H and O–H groups in total. The molecule has 4 aliphatic rings. The van der Waals surface area contributed by atoms with E-state index in [2.05, 4.69) is 36.3 Å². The van der Waals surface area contributed by atoms with Gasteiger partial charge in [-0.15, -0.1) is 0 Å². The average molecular weight is 978 g/mol. The Morgan fingerprint density at radius 1 is 0.829 bits per heavy atom. The number of fused-ring (bicyclic) bond motifs is 8. The number of amides is 3. The van der Waals surface area contributed by atoms with E-state index in [1.807, 2.05) is 103 Å². The number of Topliss-reactive ketones (excluding diaryl/α,β-unsaturated/α-hetero) is 1. The van der Waals surface area contributed by atoms with Gasteiger partial charge in [0.2, 0.25) is 5.91 Å². The molecule has 0 fully saturated rings. The number of ether oxygens (including phenoxy) is 3. The van der Waals surface area contributed by atoms with E-state index >= 15 is 0 Å². The monoisotopic (exact) mass is 977 g/mol. The lowest BCUT2D eigenvalue weighted by Gasteiger charge is -2.23. The summed E-state index contributed by atoms with van der Waals surface area (Å²) in [5.41, 5.74) is 9.84. The zero-order valence-electron chi connectivity index (χ0n) is 40.4. The number of carbonyl (C=O) groups excluding carboxylic acids is 4. The van der Waals surface area contributed by atoms with Gasteiger partial charge in [0, 0.05) is 70.7 Å². The zero-order chi connectivity index (χ0) is 48.9. The molecule has 3 amide bonds. The number of nitrogens with zero attached hydrogens (tertiary/aromatic N) is 4. The topological polar surface area (TPSA) is 139 Å². The van der Waals surface area contributed by atoms with Crippen LogP contribution < -0.4 is 29.3 Å². The van der Waals surface area contributed by atoms with Gasteiger partial charge in [0.15, 0.2) is 17.3 Å². The number of aliphatic imine (C=N–C) groups is 2. The van der Waals surface area contributed by atoms with Crippen molar-refractivity contribution in [2.45, 2.75) is 109 Å². The van der Waals surface area contributed by atoms with Crippen molar-refractivity contribution in [3.05, 3.63) is 136 Å². The van der Waals surface area contributed by atoms with Gasteiger partial charge in [-0.25, -0.2) is 0 Å². The number of nitrogens with one attached hydrogen (secondary N) is 1. The molecule has 0 spiro atoms. The fraction of sp³-hybridized carbons (Fsp3) is 0.357. The minimum Gasteiger partial charge on any atom is -0.493 e. The van der Waals surface area contributed by atoms with Crippen LogP contribution in [0.5, 0.6) is 17.2 Å². The number of methoxy groups -OCH3 is 1. The van der Waals surface area contributed by atoms with Gasteiger partial charge in [0.25, 0.3) is 11.8 Å². The molecule has 14 heteroatoms. The summed E-state index contributed by atoms with van der Waals surface area (Å²) < 4.78 is 18.7. The molecule has 0 bridgehead atoms. The largest absolute Gasteiger partial charge is 0.493 e. The molecule has 9 rings (SSSR count). The van der Waals surface area contributed by atoms with E-state index < -0.39 is 0 Å². The van der Waals surface area contributed by atoms with E-state index in [1.165, 1.54) is 5.56 Å². The van der Waals surface area contributed by atoms with E-state index in [0.29, 0.717) is 65.4 Å². The Bertz CT molecular complexity index is 2900. The molecule has 0 unspecified atom stereocenters. The van der Waals surface area contributed by atoms with E-state index in [1.54, 1.807) is 41.0 Å². The molecule has 0 aliphatic carbocycles. The van der Waals surface area contributed by atoms with E-state index in [9.17, 15) is 19.2 Å². The van der Waals surface area contributed by atoms with Crippen molar-refractivity contribution >= 4 is 80.3 Å². The third kappa shape index (κ3) is 10.8. The molecule has 4 aliphatic heterocycles. The number of carbonyl (C=O) groups is 4. The van der Waals surface area contributed by atoms with Gasteiger partial charge in [-0.05, 0) is 148 Å². The SMILES string of the molecule is CC=NCC(=O)CCCSSC(C)(C)CCC(=O)Nc1cc(COc2cc3c(cc2C)C(=O)N2c4ccccc4C[C@H]2C=N3)cc(COc2cc3c(cc2OC)C(=O)N2c4ccccc4C[C@H]2CC3)c1. The summed E-state index contributed by atoms with van der Waals surface area (Å²) >= 11 is 0. The second kappa shape index (κ2) is 21.3. The van der Waals surface area contributed by atoms with Crippen LogP contribution in [0.2, 0.25) is 0 Å². The van der Waals surface area contributed by atoms with Gasteiger partial charge < -0.3 is 24.4 Å². The van der Waals surface area contributed by atoms with Crippen molar-refractivity contribution in [3.8, 4) is 17.2 Å². The molecule has 2 atom stereocenters. The van der Waals surface area contributed by atoms with Crippen LogP contribution in [0.4, 0.5) is 22.7 Å². The second-order valence-electron chi connectivity index (χ2n) is 18.9. The number of para-hydroxylation sites is 2. The highest BCUT2D eigenvalue weighted by molar-refractivity contribution is 8.77. The summed E-state index contributed by atoms with van der Waals surface area (Å²) in [5.74, 6) is 2.35. The first kappa shape index (κ1) is 48.6. The summed E-state index contributed by atoms with van der Waals surface area (Å²) in [6, 6.07) is 29.3. The van der Waals surface area contributed by atoms with Crippen LogP contribution in [0, 0.1) is 6.92 Å². The molecule has 12 nitrogen and oxygen atoms in total. The van der Waals surface area contributed by atoms with Gasteiger partial charge in [-0.3, -0.25) is 34.1 Å². The molecular formula is C56H59N5O7S2. The molecule has 70 heavy (non-hydrogen) atoms. The first-order valence-electron chi connectivity index (χ1n) is 24.1. The van der Waals surface area contributed by atoms with Crippen molar-refractivity contribution in [1.82, 2.24) is 0 Å². The highest BCUT2D eigenvalue weighted by Crippen LogP contribution is 2.43. The third-order valence-electron chi connectivity index (χ3n) is 13.3. The van der Waals surface area contributed by atoms with Crippen molar-refractivity contribution < 1.29 is 33.4 Å². The number of benzene rings is 5. The Kier molecular flexibility index (Phi) is 14.8. The van der Waals surface area contributed by atoms with Crippen molar-refractivity contribution in [2.24, 2.45) is 9.98 Å². The maximum absolute atomic E-state index is 14.1. The minimum absolute atomic E-state index is 0.0304. The minimum atomic E-state index is -0.174. The van der Waals surface area contributed by atoms with E-state index in [-0.39, 0.29) is 60.1 Å². The Hall–Kier alpha value is -6.38. The average Bonchev–Trinajstić information content (AvgIpc) is 3.85. The van der Waals surface area contributed by atoms with Gasteiger partial charge in [-0.2, -0.15) is 0 Å². The summed E-state index contributed by atoms with van der Waals surface area (Å²) in [6.45, 7) is 8.56. The van der Waals surface area contributed by atoms with Crippen LogP contribution in [0.1, 0.15) is 107 Å². The Balaban J connectivity index is 0.910. The lowest BCUT2D eigenvalue weighted by molar-refractivity contribution is -0.118. The highest BCUT2D eigenvalue weighted by Gasteiger charge is 2.38. The molecule has 0 radical (unpaired) electrons. The number of aryl methyl sites for hydroxylation is 2. The Morgan fingerprint density at radius 2 is 1.53 bits per heavy atom. The van der Waals surface area contributed by atoms with Crippen LogP contribution in [-0.2, 0) is 42.1 Å². The maximum atomic E-state index is 14.1. The first-order chi connectivity index (χ1) is 33.9. The van der Waals surface area contributed by atoms with Gasteiger partial charge >= 0.3 is 0 Å². The van der Waals surface area contributed by atoms with Crippen molar-refractivity contribution in [1.29, 1.82) is 0 Å². The number of hydrogen-bond donors (Lipinski definition) is 1. The van der Waals surface area contributed by atoms with Gasteiger partial charge in [-0.1, -0.05) is 58.0 Å². The van der Waals surface area contributed by atoms with Crippen LogP contribution in [0.25, 0.3) is 0 Å². The molecule has 5 aromatic rings. The number of hydrogen-bond acceptors (Lipinski definition) is 11. The van der Waals surface area contributed by atoms with Gasteiger partial charge in [0.05, 0.1) is 30.9 Å². The lowest BCUT2D eigenvalue weighted by atomic mass is 9.99. The van der Waals surface area contributed by atoms with Crippen molar-refractivity contribution in [3.63, 3.8) is 0 Å². The number of anilines is 3. The summed E-state index contributed by atoms with van der Waals surface area (Å²) in [7, 11) is 5.05. The van der Waals surface area contributed by atoms with E-state index in [0.717, 1.165) is 70.6 Å². The predicted octanol–water partition coefficient (Wildman–Crippen LogP) is 11.3. The molecule has 0 saturated carbocycles. The van der Waals surface area contributed by atoms with Crippen LogP contribution in [0.3, 0.4) is 0 Å². The smallest absolute Gasteiger partial charge is 0.261 e. The lowest BCUT2D eigenvalue weighted by Crippen LogP contribution is -2.37. The molecular weight excluding hydrogens is 919 g/mol. The summed E-state index contributed by atoms with van der Waals surface area (Å²) in [5, 5.41) is 3.15. The summed E-state index contributed by atoms with van der Waals surface area (Å²) in [4.78, 5) is 66.4. The van der Waals surface area contributed by atoms with E-state index in [4.69, 9.17) is 19.2 Å². The summed E-state index contributed by atoms with van der Waals surface area (Å²) in [6.07, 6.45) is 8.88. The molecule has 4 heterocycles. The maximum Gasteiger partial charge on any atom is 0.261 e. The first-order valence-corrected chi connectivity index (χ1v) is 26.4. The Morgan fingerprint density at radius 3 is 2.27 bits per heavy atom.